The Balaban J connectivity index is 1.64. The maximum Gasteiger partial charge on any atom is 0.401 e. The van der Waals surface area contributed by atoms with Gasteiger partial charge in [0, 0.05) is 12.2 Å². The Morgan fingerprint density at radius 2 is 1.57 bits per heavy atom. The van der Waals surface area contributed by atoms with Crippen LogP contribution in [0.15, 0.2) is 6.07 Å². The van der Waals surface area contributed by atoms with Gasteiger partial charge in [-0.1, -0.05) is 19.9 Å². The molecule has 0 atom stereocenters. The lowest BCUT2D eigenvalue weighted by Crippen LogP contribution is -2.44. The van der Waals surface area contributed by atoms with E-state index in [0.29, 0.717) is 0 Å². The summed E-state index contributed by atoms with van der Waals surface area (Å²) >= 11 is 0. The van der Waals surface area contributed by atoms with Gasteiger partial charge in [0.15, 0.2) is 0 Å². The molecule has 0 bridgehead atoms. The van der Waals surface area contributed by atoms with Crippen molar-refractivity contribution in [2.24, 2.45) is 5.41 Å². The molecule has 0 saturated carbocycles. The highest BCUT2D eigenvalue weighted by Gasteiger charge is 2.32. The van der Waals surface area contributed by atoms with Gasteiger partial charge in [0.25, 0.3) is 0 Å². The second kappa shape index (κ2) is 8.37. The number of urea groups is 1. The number of sulfonamides is 1. The summed E-state index contributed by atoms with van der Waals surface area (Å²) in [4.78, 5) is 12.5. The minimum absolute atomic E-state index is 0.158. The number of benzene rings is 1. The highest BCUT2D eigenvalue weighted by molar-refractivity contribution is 7.90. The molecule has 2 aliphatic rings. The van der Waals surface area contributed by atoms with Crippen LogP contribution in [0.2, 0.25) is 0 Å². The first kappa shape index (κ1) is 22.9. The molecule has 0 heterocycles. The lowest BCUT2D eigenvalue weighted by Gasteiger charge is -2.25. The largest absolute Gasteiger partial charge is 0.401 e. The standard InChI is InChI=1S/C20H28F3N3O3S/c1-19(2,10-24-11-20(21,22)23)12-30(28,29)26-18(27)25-17-15-7-3-5-13(15)9-14-6-4-8-16(14)17/h9,24H,3-8,10-12H2,1-2H3,(H2,25,26,27). The van der Waals surface area contributed by atoms with E-state index in [2.05, 4.69) is 16.7 Å². The number of nitrogens with one attached hydrogen (secondary N) is 3. The SMILES string of the molecule is CC(C)(CNCC(F)(F)F)CS(=O)(=O)NC(=O)Nc1c2c(cc3c1CCC3)CCC2. The number of carbonyl (C=O) groups excluding carboxylic acids is 1. The first-order valence-electron chi connectivity index (χ1n) is 10.1. The van der Waals surface area contributed by atoms with Crippen molar-refractivity contribution < 1.29 is 26.4 Å². The number of alkyl halides is 3. The van der Waals surface area contributed by atoms with Gasteiger partial charge in [-0.15, -0.1) is 0 Å². The third kappa shape index (κ3) is 5.87. The van der Waals surface area contributed by atoms with Crippen LogP contribution in [0, 0.1) is 5.41 Å². The number of hydrogen-bond acceptors (Lipinski definition) is 4. The smallest absolute Gasteiger partial charge is 0.308 e. The molecule has 0 unspecified atom stereocenters. The van der Waals surface area contributed by atoms with Crippen molar-refractivity contribution in [2.75, 3.05) is 24.2 Å². The summed E-state index contributed by atoms with van der Waals surface area (Å²) in [5.41, 5.74) is 4.33. The molecule has 0 spiro atoms. The molecule has 0 aliphatic heterocycles. The zero-order valence-electron chi connectivity index (χ0n) is 17.2. The average molecular weight is 448 g/mol. The van der Waals surface area contributed by atoms with Crippen molar-refractivity contribution in [3.8, 4) is 0 Å². The maximum atomic E-state index is 12.5. The van der Waals surface area contributed by atoms with Gasteiger partial charge in [-0.3, -0.25) is 0 Å². The first-order valence-corrected chi connectivity index (χ1v) is 11.8. The van der Waals surface area contributed by atoms with E-state index in [1.54, 1.807) is 0 Å². The Bertz CT molecular complexity index is 895. The molecule has 6 nitrogen and oxygen atoms in total. The molecule has 3 N–H and O–H groups in total. The van der Waals surface area contributed by atoms with E-state index in [1.807, 2.05) is 4.72 Å². The highest BCUT2D eigenvalue weighted by atomic mass is 32.2. The van der Waals surface area contributed by atoms with Crippen molar-refractivity contribution in [1.82, 2.24) is 10.0 Å². The van der Waals surface area contributed by atoms with Gasteiger partial charge in [-0.05, 0) is 66.2 Å². The highest BCUT2D eigenvalue weighted by Crippen LogP contribution is 2.38. The Morgan fingerprint density at radius 1 is 1.00 bits per heavy atom. The van der Waals surface area contributed by atoms with Crippen LogP contribution >= 0.6 is 0 Å². The molecule has 2 aliphatic carbocycles. The molecule has 1 aromatic carbocycles. The number of halogens is 3. The summed E-state index contributed by atoms with van der Waals surface area (Å²) in [6.45, 7) is 1.71. The van der Waals surface area contributed by atoms with Crippen LogP contribution in [-0.2, 0) is 35.7 Å². The lowest BCUT2D eigenvalue weighted by atomic mass is 9.96. The van der Waals surface area contributed by atoms with Gasteiger partial charge in [0.2, 0.25) is 10.0 Å². The zero-order valence-corrected chi connectivity index (χ0v) is 18.0. The van der Waals surface area contributed by atoms with Crippen LogP contribution in [0.25, 0.3) is 0 Å². The molecule has 0 radical (unpaired) electrons. The second-order valence-electron chi connectivity index (χ2n) is 8.93. The number of fused-ring (bicyclic) bond motifs is 2. The minimum atomic E-state index is -4.37. The summed E-state index contributed by atoms with van der Waals surface area (Å²) in [6, 6.07) is 1.38. The average Bonchev–Trinajstić information content (AvgIpc) is 3.19. The molecular weight excluding hydrogens is 419 g/mol. The maximum absolute atomic E-state index is 12.5. The topological polar surface area (TPSA) is 87.3 Å². The van der Waals surface area contributed by atoms with Crippen LogP contribution in [0.5, 0.6) is 0 Å². The Labute approximate surface area is 175 Å². The van der Waals surface area contributed by atoms with Crippen LogP contribution in [0.3, 0.4) is 0 Å². The first-order chi connectivity index (χ1) is 13.9. The van der Waals surface area contributed by atoms with E-state index >= 15 is 0 Å². The van der Waals surface area contributed by atoms with Crippen molar-refractivity contribution in [3.05, 3.63) is 28.3 Å². The Kier molecular flexibility index (Phi) is 6.38. The number of carbonyl (C=O) groups is 1. The molecule has 0 fully saturated rings. The van der Waals surface area contributed by atoms with Gasteiger partial charge in [-0.25, -0.2) is 17.9 Å². The summed E-state index contributed by atoms with van der Waals surface area (Å²) in [5.74, 6) is -0.483. The van der Waals surface area contributed by atoms with E-state index in [4.69, 9.17) is 0 Å². The van der Waals surface area contributed by atoms with E-state index in [1.165, 1.54) is 25.0 Å². The third-order valence-corrected chi connectivity index (χ3v) is 7.13. The molecule has 0 saturated heterocycles. The van der Waals surface area contributed by atoms with Crippen LogP contribution in [0.4, 0.5) is 23.7 Å². The van der Waals surface area contributed by atoms with E-state index < -0.39 is 39.9 Å². The van der Waals surface area contributed by atoms with Gasteiger partial charge >= 0.3 is 12.2 Å². The fraction of sp³-hybridized carbons (Fsp3) is 0.650. The summed E-state index contributed by atoms with van der Waals surface area (Å²) in [5, 5.41) is 4.97. The van der Waals surface area contributed by atoms with Crippen molar-refractivity contribution in [1.29, 1.82) is 0 Å². The van der Waals surface area contributed by atoms with Crippen molar-refractivity contribution in [2.45, 2.75) is 58.5 Å². The molecule has 2 amide bonds. The zero-order chi connectivity index (χ0) is 22.2. The quantitative estimate of drug-likeness (QED) is 0.599. The summed E-state index contributed by atoms with van der Waals surface area (Å²) < 4.78 is 63.8. The fourth-order valence-corrected chi connectivity index (χ4v) is 5.93. The number of aryl methyl sites for hydroxylation is 2. The Hall–Kier alpha value is -1.81. The number of rotatable bonds is 7. The van der Waals surface area contributed by atoms with E-state index in [9.17, 15) is 26.4 Å². The Morgan fingerprint density at radius 3 is 2.10 bits per heavy atom. The molecule has 0 aromatic heterocycles. The molecular formula is C20H28F3N3O3S. The van der Waals surface area contributed by atoms with Gasteiger partial charge < -0.3 is 10.6 Å². The predicted molar refractivity (Wildman–Crippen MR) is 109 cm³/mol. The van der Waals surface area contributed by atoms with Crippen molar-refractivity contribution in [3.63, 3.8) is 0 Å². The van der Waals surface area contributed by atoms with Crippen LogP contribution in [-0.4, -0.2) is 39.5 Å². The molecule has 1 aromatic rings. The molecule has 30 heavy (non-hydrogen) atoms. The predicted octanol–water partition coefficient (Wildman–Crippen LogP) is 3.29. The number of hydrogen-bond donors (Lipinski definition) is 3. The van der Waals surface area contributed by atoms with Gasteiger partial charge in [0.05, 0.1) is 12.3 Å². The van der Waals surface area contributed by atoms with Crippen molar-refractivity contribution >= 4 is 21.7 Å². The summed E-state index contributed by atoms with van der Waals surface area (Å²) in [6.07, 6.45) is 1.25. The summed E-state index contributed by atoms with van der Waals surface area (Å²) in [7, 11) is -4.04. The van der Waals surface area contributed by atoms with Crippen LogP contribution in [0.1, 0.15) is 48.9 Å². The number of anilines is 1. The normalized spacial score (nSPS) is 16.3. The monoisotopic (exact) mass is 447 g/mol. The van der Waals surface area contributed by atoms with E-state index in [0.717, 1.165) is 55.3 Å². The van der Waals surface area contributed by atoms with Gasteiger partial charge in [0.1, 0.15) is 0 Å². The molecule has 3 rings (SSSR count). The fourth-order valence-electron chi connectivity index (χ4n) is 4.39. The lowest BCUT2D eigenvalue weighted by molar-refractivity contribution is -0.125. The van der Waals surface area contributed by atoms with Gasteiger partial charge in [-0.2, -0.15) is 13.2 Å². The minimum Gasteiger partial charge on any atom is -0.308 e. The van der Waals surface area contributed by atoms with Crippen LogP contribution < -0.4 is 15.4 Å². The van der Waals surface area contributed by atoms with E-state index in [-0.39, 0.29) is 6.54 Å². The third-order valence-electron chi connectivity index (χ3n) is 5.47. The molecule has 168 valence electrons. The number of amides is 2. The second-order valence-corrected chi connectivity index (χ2v) is 10.7. The molecule has 10 heteroatoms.